The summed E-state index contributed by atoms with van der Waals surface area (Å²) in [6, 6.07) is 2.79. The highest BCUT2D eigenvalue weighted by molar-refractivity contribution is 5.05. The molecule has 1 N–H and O–H groups in total. The van der Waals surface area contributed by atoms with Crippen LogP contribution in [-0.2, 0) is 4.74 Å². The average Bonchev–Trinajstić information content (AvgIpc) is 2.28. The highest BCUT2D eigenvalue weighted by atomic mass is 16.5. The number of hydrogen-bond donors (Lipinski definition) is 1. The molecule has 1 aliphatic rings. The Balaban J connectivity index is 2.58. The van der Waals surface area contributed by atoms with Gasteiger partial charge in [-0.25, -0.2) is 0 Å². The normalized spacial score (nSPS) is 30.4. The third-order valence-electron chi connectivity index (χ3n) is 3.59. The molecule has 104 valence electrons. The molecule has 0 bridgehead atoms. The third kappa shape index (κ3) is 4.24. The Bertz CT molecular complexity index is 292. The fraction of sp³-hybridized carbons (Fsp3) is 0.929. The van der Waals surface area contributed by atoms with Crippen molar-refractivity contribution in [3.05, 3.63) is 0 Å². The second kappa shape index (κ2) is 6.51. The van der Waals surface area contributed by atoms with Gasteiger partial charge in [0, 0.05) is 19.1 Å². The minimum absolute atomic E-state index is 0.281. The van der Waals surface area contributed by atoms with Crippen molar-refractivity contribution in [2.75, 3.05) is 19.6 Å². The van der Waals surface area contributed by atoms with Gasteiger partial charge < -0.3 is 4.74 Å². The van der Waals surface area contributed by atoms with Gasteiger partial charge in [0.05, 0.1) is 18.3 Å². The molecule has 1 fully saturated rings. The smallest absolute Gasteiger partial charge is 0.105 e. The van der Waals surface area contributed by atoms with Crippen molar-refractivity contribution in [1.82, 2.24) is 10.2 Å². The van der Waals surface area contributed by atoms with Crippen LogP contribution < -0.4 is 5.32 Å². The van der Waals surface area contributed by atoms with Crippen LogP contribution in [0.2, 0.25) is 0 Å². The van der Waals surface area contributed by atoms with E-state index in [9.17, 15) is 5.26 Å². The van der Waals surface area contributed by atoms with Crippen molar-refractivity contribution in [2.45, 2.75) is 64.8 Å². The van der Waals surface area contributed by atoms with Crippen LogP contribution in [0.25, 0.3) is 0 Å². The summed E-state index contributed by atoms with van der Waals surface area (Å²) in [6.07, 6.45) is 1.41. The molecule has 4 heteroatoms. The maximum Gasteiger partial charge on any atom is 0.105 e. The van der Waals surface area contributed by atoms with Gasteiger partial charge in [-0.1, -0.05) is 6.92 Å². The zero-order valence-corrected chi connectivity index (χ0v) is 12.4. The molecule has 1 saturated heterocycles. The van der Waals surface area contributed by atoms with Crippen molar-refractivity contribution < 1.29 is 4.74 Å². The monoisotopic (exact) mass is 253 g/mol. The largest absolute Gasteiger partial charge is 0.373 e. The van der Waals surface area contributed by atoms with Gasteiger partial charge in [0.1, 0.15) is 5.54 Å². The quantitative estimate of drug-likeness (QED) is 0.811. The Morgan fingerprint density at radius 1 is 1.44 bits per heavy atom. The van der Waals surface area contributed by atoms with Crippen LogP contribution in [0.1, 0.15) is 41.0 Å². The molecule has 0 amide bonds. The number of nitriles is 1. The maximum atomic E-state index is 9.31. The first-order valence-electron chi connectivity index (χ1n) is 6.96. The second-order valence-electron chi connectivity index (χ2n) is 5.74. The van der Waals surface area contributed by atoms with E-state index < -0.39 is 5.54 Å². The van der Waals surface area contributed by atoms with Gasteiger partial charge in [-0.05, 0) is 40.7 Å². The van der Waals surface area contributed by atoms with E-state index in [4.69, 9.17) is 4.74 Å². The van der Waals surface area contributed by atoms with Crippen LogP contribution >= 0.6 is 0 Å². The summed E-state index contributed by atoms with van der Waals surface area (Å²) < 4.78 is 5.75. The topological polar surface area (TPSA) is 48.3 Å². The maximum absolute atomic E-state index is 9.31. The zero-order valence-electron chi connectivity index (χ0n) is 12.4. The molecule has 4 unspecified atom stereocenters. The number of morpholine rings is 1. The third-order valence-corrected chi connectivity index (χ3v) is 3.59. The predicted octanol–water partition coefficient (Wildman–Crippen LogP) is 1.77. The Labute approximate surface area is 111 Å². The first-order chi connectivity index (χ1) is 8.40. The molecular formula is C14H27N3O. The van der Waals surface area contributed by atoms with Gasteiger partial charge in [0.2, 0.25) is 0 Å². The number of nitrogens with one attached hydrogen (secondary N) is 1. The number of hydrogen-bond acceptors (Lipinski definition) is 4. The Morgan fingerprint density at radius 2 is 2.00 bits per heavy atom. The van der Waals surface area contributed by atoms with Crippen LogP contribution in [0.5, 0.6) is 0 Å². The summed E-state index contributed by atoms with van der Waals surface area (Å²) in [6.45, 7) is 13.2. The van der Waals surface area contributed by atoms with Crippen LogP contribution in [0.3, 0.4) is 0 Å². The zero-order chi connectivity index (χ0) is 13.8. The van der Waals surface area contributed by atoms with E-state index >= 15 is 0 Å². The predicted molar refractivity (Wildman–Crippen MR) is 73.4 cm³/mol. The molecule has 0 aliphatic carbocycles. The molecule has 18 heavy (non-hydrogen) atoms. The van der Waals surface area contributed by atoms with Gasteiger partial charge in [0.15, 0.2) is 0 Å². The minimum Gasteiger partial charge on any atom is -0.373 e. The van der Waals surface area contributed by atoms with E-state index in [2.05, 4.69) is 37.1 Å². The molecule has 4 atom stereocenters. The van der Waals surface area contributed by atoms with Gasteiger partial charge >= 0.3 is 0 Å². The lowest BCUT2D eigenvalue weighted by Gasteiger charge is -2.40. The summed E-state index contributed by atoms with van der Waals surface area (Å²) >= 11 is 0. The highest BCUT2D eigenvalue weighted by Crippen LogP contribution is 2.20. The van der Waals surface area contributed by atoms with Crippen LogP contribution in [0.15, 0.2) is 0 Å². The van der Waals surface area contributed by atoms with E-state index in [-0.39, 0.29) is 12.2 Å². The molecule has 0 aromatic heterocycles. The van der Waals surface area contributed by atoms with Crippen LogP contribution in [-0.4, -0.2) is 48.3 Å². The number of rotatable bonds is 5. The molecule has 0 radical (unpaired) electrons. The highest BCUT2D eigenvalue weighted by Gasteiger charge is 2.31. The van der Waals surface area contributed by atoms with Crippen molar-refractivity contribution in [3.8, 4) is 6.07 Å². The van der Waals surface area contributed by atoms with E-state index in [0.717, 1.165) is 26.1 Å². The first kappa shape index (κ1) is 15.4. The fourth-order valence-corrected chi connectivity index (χ4v) is 2.84. The summed E-state index contributed by atoms with van der Waals surface area (Å²) in [5.74, 6) is 0. The van der Waals surface area contributed by atoms with Crippen LogP contribution in [0.4, 0.5) is 0 Å². The summed E-state index contributed by atoms with van der Waals surface area (Å²) in [5.41, 5.74) is -0.432. The lowest BCUT2D eigenvalue weighted by Crippen LogP contribution is -2.53. The van der Waals surface area contributed by atoms with Crippen molar-refractivity contribution >= 4 is 0 Å². The molecule has 0 aromatic rings. The molecule has 4 nitrogen and oxygen atoms in total. The lowest BCUT2D eigenvalue weighted by molar-refractivity contribution is -0.0805. The molecule has 1 aliphatic heterocycles. The van der Waals surface area contributed by atoms with E-state index in [0.29, 0.717) is 6.04 Å². The SMILES string of the molecule is CCNC(C)(C#N)CC(C)N1CC(C)OC(C)C1. The Kier molecular flexibility index (Phi) is 5.58. The van der Waals surface area contributed by atoms with Crippen LogP contribution in [0, 0.1) is 11.3 Å². The standard InChI is InChI=1S/C14H27N3O/c1-6-16-14(5,10-15)7-11(2)17-8-12(3)18-13(4)9-17/h11-13,16H,6-9H2,1-5H3. The fourth-order valence-electron chi connectivity index (χ4n) is 2.84. The number of nitrogens with zero attached hydrogens (tertiary/aromatic N) is 2. The average molecular weight is 253 g/mol. The molecule has 0 aromatic carbocycles. The van der Waals surface area contributed by atoms with Gasteiger partial charge in [-0.3, -0.25) is 10.2 Å². The molecule has 0 saturated carbocycles. The summed E-state index contributed by atoms with van der Waals surface area (Å²) in [4.78, 5) is 2.44. The minimum atomic E-state index is -0.432. The van der Waals surface area contributed by atoms with Gasteiger partial charge in [-0.2, -0.15) is 5.26 Å². The molecule has 0 spiro atoms. The second-order valence-corrected chi connectivity index (χ2v) is 5.74. The van der Waals surface area contributed by atoms with E-state index in [1.165, 1.54) is 0 Å². The summed E-state index contributed by atoms with van der Waals surface area (Å²) in [7, 11) is 0. The van der Waals surface area contributed by atoms with Gasteiger partial charge in [0.25, 0.3) is 0 Å². The van der Waals surface area contributed by atoms with Crippen molar-refractivity contribution in [3.63, 3.8) is 0 Å². The summed E-state index contributed by atoms with van der Waals surface area (Å²) in [5, 5.41) is 12.6. The Morgan fingerprint density at radius 3 is 2.44 bits per heavy atom. The van der Waals surface area contributed by atoms with Crippen molar-refractivity contribution in [2.24, 2.45) is 0 Å². The molecule has 1 heterocycles. The Hall–Kier alpha value is -0.630. The first-order valence-corrected chi connectivity index (χ1v) is 6.96. The number of ether oxygens (including phenoxy) is 1. The molecule has 1 rings (SSSR count). The van der Waals surface area contributed by atoms with E-state index in [1.807, 2.05) is 13.8 Å². The van der Waals surface area contributed by atoms with Crippen molar-refractivity contribution in [1.29, 1.82) is 5.26 Å². The van der Waals surface area contributed by atoms with E-state index in [1.54, 1.807) is 0 Å². The van der Waals surface area contributed by atoms with Gasteiger partial charge in [-0.15, -0.1) is 0 Å². The molecular weight excluding hydrogens is 226 g/mol. The lowest BCUT2D eigenvalue weighted by atomic mass is 9.94.